The molecule has 0 heterocycles. The summed E-state index contributed by atoms with van der Waals surface area (Å²) in [6, 6.07) is 0. The van der Waals surface area contributed by atoms with E-state index < -0.39 is 0 Å². The predicted octanol–water partition coefficient (Wildman–Crippen LogP) is 3.48. The average molecular weight is 284 g/mol. The van der Waals surface area contributed by atoms with E-state index >= 15 is 0 Å². The van der Waals surface area contributed by atoms with Crippen LogP contribution in [0.4, 0.5) is 0 Å². The Morgan fingerprint density at radius 2 is 1.60 bits per heavy atom. The van der Waals surface area contributed by atoms with E-state index in [9.17, 15) is 9.59 Å². The molecule has 1 fully saturated rings. The number of ether oxygens (including phenoxy) is 2. The van der Waals surface area contributed by atoms with Gasteiger partial charge in [0.05, 0.1) is 26.1 Å². The van der Waals surface area contributed by atoms with Crippen molar-refractivity contribution in [3.63, 3.8) is 0 Å². The van der Waals surface area contributed by atoms with Gasteiger partial charge in [-0.1, -0.05) is 46.0 Å². The Bertz CT molecular complexity index is 293. The second-order valence-electron chi connectivity index (χ2n) is 6.09. The monoisotopic (exact) mass is 284 g/mol. The number of hydrogen-bond donors (Lipinski definition) is 0. The molecule has 0 saturated heterocycles. The highest BCUT2D eigenvalue weighted by Crippen LogP contribution is 2.26. The molecule has 1 saturated carbocycles. The minimum absolute atomic E-state index is 0.120. The number of esters is 2. The second-order valence-corrected chi connectivity index (χ2v) is 6.09. The maximum atomic E-state index is 11.5. The fraction of sp³-hybridized carbons (Fsp3) is 0.875. The molecule has 0 aliphatic heterocycles. The smallest absolute Gasteiger partial charge is 0.306 e. The summed E-state index contributed by atoms with van der Waals surface area (Å²) in [6.45, 7) is 4.86. The molecule has 20 heavy (non-hydrogen) atoms. The second kappa shape index (κ2) is 9.78. The summed E-state index contributed by atoms with van der Waals surface area (Å²) in [5.74, 6) is 0.430. The highest BCUT2D eigenvalue weighted by atomic mass is 16.5. The van der Waals surface area contributed by atoms with Crippen molar-refractivity contribution in [1.82, 2.24) is 0 Å². The molecule has 1 aliphatic rings. The van der Waals surface area contributed by atoms with Crippen molar-refractivity contribution < 1.29 is 19.1 Å². The molecule has 0 aromatic heterocycles. The Labute approximate surface area is 122 Å². The molecule has 4 heteroatoms. The Balaban J connectivity index is 2.00. The van der Waals surface area contributed by atoms with Crippen LogP contribution in [0, 0.1) is 11.8 Å². The van der Waals surface area contributed by atoms with E-state index in [1.54, 1.807) is 0 Å². The van der Waals surface area contributed by atoms with E-state index in [1.807, 2.05) is 13.8 Å². The van der Waals surface area contributed by atoms with E-state index in [1.165, 1.54) is 32.1 Å². The molecule has 4 nitrogen and oxygen atoms in total. The summed E-state index contributed by atoms with van der Waals surface area (Å²) in [7, 11) is 0. The van der Waals surface area contributed by atoms with Gasteiger partial charge in [-0.3, -0.25) is 9.59 Å². The Morgan fingerprint density at radius 1 is 1.00 bits per heavy atom. The summed E-state index contributed by atoms with van der Waals surface area (Å²) < 4.78 is 10.2. The normalized spacial score (nSPS) is 16.1. The Hall–Kier alpha value is -1.06. The number of rotatable bonds is 8. The van der Waals surface area contributed by atoms with Crippen LogP contribution < -0.4 is 0 Å². The van der Waals surface area contributed by atoms with Crippen LogP contribution in [0.2, 0.25) is 0 Å². The number of carbonyl (C=O) groups is 2. The van der Waals surface area contributed by atoms with Crippen LogP contribution in [-0.2, 0) is 19.1 Å². The van der Waals surface area contributed by atoms with Crippen LogP contribution in [0.3, 0.4) is 0 Å². The van der Waals surface area contributed by atoms with Crippen LogP contribution in [0.25, 0.3) is 0 Å². The third-order valence-electron chi connectivity index (χ3n) is 3.62. The summed E-state index contributed by atoms with van der Waals surface area (Å²) in [6.07, 6.45) is 7.69. The van der Waals surface area contributed by atoms with Crippen LogP contribution in [-0.4, -0.2) is 25.2 Å². The number of carbonyl (C=O) groups excluding carboxylic acids is 2. The van der Waals surface area contributed by atoms with E-state index in [-0.39, 0.29) is 24.8 Å². The van der Waals surface area contributed by atoms with E-state index in [2.05, 4.69) is 0 Å². The molecule has 0 N–H and O–H groups in total. The summed E-state index contributed by atoms with van der Waals surface area (Å²) in [4.78, 5) is 22.8. The molecule has 0 bridgehead atoms. The minimum Gasteiger partial charge on any atom is -0.466 e. The molecular weight excluding hydrogens is 256 g/mol. The van der Waals surface area contributed by atoms with E-state index in [4.69, 9.17) is 9.47 Å². The molecule has 1 rings (SSSR count). The lowest BCUT2D eigenvalue weighted by molar-refractivity contribution is -0.151. The van der Waals surface area contributed by atoms with Gasteiger partial charge in [0, 0.05) is 0 Å². The zero-order chi connectivity index (χ0) is 14.8. The fourth-order valence-electron chi connectivity index (χ4n) is 2.42. The van der Waals surface area contributed by atoms with Crippen LogP contribution in [0.1, 0.15) is 65.2 Å². The molecule has 0 aromatic rings. The first-order valence-electron chi connectivity index (χ1n) is 7.89. The van der Waals surface area contributed by atoms with Crippen molar-refractivity contribution >= 4 is 11.9 Å². The Kier molecular flexibility index (Phi) is 8.31. The lowest BCUT2D eigenvalue weighted by atomic mass is 9.87. The largest absolute Gasteiger partial charge is 0.466 e. The molecule has 0 atom stereocenters. The molecule has 0 amide bonds. The molecule has 116 valence electrons. The van der Waals surface area contributed by atoms with Gasteiger partial charge in [0.15, 0.2) is 0 Å². The van der Waals surface area contributed by atoms with Crippen molar-refractivity contribution in [2.75, 3.05) is 13.2 Å². The quantitative estimate of drug-likeness (QED) is 0.640. The molecular formula is C16H28O4. The lowest BCUT2D eigenvalue weighted by Gasteiger charge is -2.21. The summed E-state index contributed by atoms with van der Waals surface area (Å²) in [5.41, 5.74) is 0. The van der Waals surface area contributed by atoms with Gasteiger partial charge < -0.3 is 9.47 Å². The average Bonchev–Trinajstić information content (AvgIpc) is 2.44. The molecule has 0 unspecified atom stereocenters. The third kappa shape index (κ3) is 8.18. The molecule has 1 aliphatic carbocycles. The first kappa shape index (κ1) is 17.0. The number of hydrogen-bond acceptors (Lipinski definition) is 4. The van der Waals surface area contributed by atoms with Gasteiger partial charge in [-0.05, 0) is 18.3 Å². The SMILES string of the molecule is CC(C)COC(=O)CCC(=O)OCCC1CCCCC1. The van der Waals surface area contributed by atoms with E-state index in [0.29, 0.717) is 25.0 Å². The molecule has 0 radical (unpaired) electrons. The van der Waals surface area contributed by atoms with Crippen molar-refractivity contribution in [2.24, 2.45) is 11.8 Å². The lowest BCUT2D eigenvalue weighted by Crippen LogP contribution is -2.15. The van der Waals surface area contributed by atoms with Crippen molar-refractivity contribution in [1.29, 1.82) is 0 Å². The summed E-state index contributed by atoms with van der Waals surface area (Å²) >= 11 is 0. The Morgan fingerprint density at radius 3 is 2.20 bits per heavy atom. The van der Waals surface area contributed by atoms with Gasteiger partial charge in [-0.2, -0.15) is 0 Å². The van der Waals surface area contributed by atoms with Crippen molar-refractivity contribution in [3.05, 3.63) is 0 Å². The van der Waals surface area contributed by atoms with Gasteiger partial charge in [0.2, 0.25) is 0 Å². The van der Waals surface area contributed by atoms with E-state index in [0.717, 1.165) is 6.42 Å². The van der Waals surface area contributed by atoms with Crippen molar-refractivity contribution in [2.45, 2.75) is 65.2 Å². The highest BCUT2D eigenvalue weighted by molar-refractivity contribution is 5.77. The summed E-state index contributed by atoms with van der Waals surface area (Å²) in [5, 5.41) is 0. The first-order chi connectivity index (χ1) is 9.58. The van der Waals surface area contributed by atoms with Crippen LogP contribution >= 0.6 is 0 Å². The molecule has 0 aromatic carbocycles. The first-order valence-corrected chi connectivity index (χ1v) is 7.89. The molecule has 0 spiro atoms. The van der Waals surface area contributed by atoms with Gasteiger partial charge in [-0.15, -0.1) is 0 Å². The standard InChI is InChI=1S/C16H28O4/c1-13(2)12-20-16(18)9-8-15(17)19-11-10-14-6-4-3-5-7-14/h13-14H,3-12H2,1-2H3. The third-order valence-corrected chi connectivity index (χ3v) is 3.62. The zero-order valence-electron chi connectivity index (χ0n) is 12.9. The van der Waals surface area contributed by atoms with Gasteiger partial charge >= 0.3 is 11.9 Å². The van der Waals surface area contributed by atoms with Gasteiger partial charge in [0.1, 0.15) is 0 Å². The topological polar surface area (TPSA) is 52.6 Å². The van der Waals surface area contributed by atoms with Crippen LogP contribution in [0.15, 0.2) is 0 Å². The maximum Gasteiger partial charge on any atom is 0.306 e. The fourth-order valence-corrected chi connectivity index (χ4v) is 2.42. The predicted molar refractivity (Wildman–Crippen MR) is 77.2 cm³/mol. The van der Waals surface area contributed by atoms with Crippen LogP contribution in [0.5, 0.6) is 0 Å². The van der Waals surface area contributed by atoms with Gasteiger partial charge in [-0.25, -0.2) is 0 Å². The maximum absolute atomic E-state index is 11.5. The van der Waals surface area contributed by atoms with Gasteiger partial charge in [0.25, 0.3) is 0 Å². The zero-order valence-corrected chi connectivity index (χ0v) is 12.9. The van der Waals surface area contributed by atoms with Crippen molar-refractivity contribution in [3.8, 4) is 0 Å². The highest BCUT2D eigenvalue weighted by Gasteiger charge is 2.14. The minimum atomic E-state index is -0.317.